The minimum atomic E-state index is -4.40. The number of ether oxygens (including phenoxy) is 2. The van der Waals surface area contributed by atoms with Crippen LogP contribution in [-0.4, -0.2) is 49.3 Å². The maximum absolute atomic E-state index is 12.7. The van der Waals surface area contributed by atoms with E-state index < -0.39 is 32.5 Å². The summed E-state index contributed by atoms with van der Waals surface area (Å²) in [7, 11) is -4.40. The SMILES string of the molecule is CCCCCc1cc(C)c(CCCCCCCCCCC(=O)OC[C@H](COP(=O)(O)OCCN)OC(=O)CCCCCCCCCCc2oc(CCCCC)cc2C)o1. The highest BCUT2D eigenvalue weighted by Gasteiger charge is 2.26. The zero-order valence-electron chi connectivity index (χ0n) is 37.5. The fourth-order valence-corrected chi connectivity index (χ4v) is 8.02. The van der Waals surface area contributed by atoms with Gasteiger partial charge in [0, 0.05) is 45.1 Å². The molecule has 0 saturated heterocycles. The van der Waals surface area contributed by atoms with E-state index in [0.29, 0.717) is 12.8 Å². The monoisotopic (exact) mass is 852 g/mol. The molecular formula is C47H82NO10P. The molecule has 11 nitrogen and oxygen atoms in total. The molecule has 12 heteroatoms. The minimum absolute atomic E-state index is 0.0433. The van der Waals surface area contributed by atoms with Gasteiger partial charge in [-0.15, -0.1) is 0 Å². The van der Waals surface area contributed by atoms with E-state index in [2.05, 4.69) is 39.8 Å². The molecule has 2 aromatic rings. The molecule has 0 saturated carbocycles. The highest BCUT2D eigenvalue weighted by atomic mass is 31.2. The molecule has 2 aromatic heterocycles. The lowest BCUT2D eigenvalue weighted by atomic mass is 10.1. The van der Waals surface area contributed by atoms with Crippen LogP contribution in [0.1, 0.15) is 202 Å². The lowest BCUT2D eigenvalue weighted by Gasteiger charge is -2.19. The summed E-state index contributed by atoms with van der Waals surface area (Å²) in [5.74, 6) is 3.67. The molecule has 1 unspecified atom stereocenters. The van der Waals surface area contributed by atoms with E-state index >= 15 is 0 Å². The molecule has 0 aromatic carbocycles. The summed E-state index contributed by atoms with van der Waals surface area (Å²) >= 11 is 0. The summed E-state index contributed by atoms with van der Waals surface area (Å²) in [5, 5.41) is 0. The molecule has 0 bridgehead atoms. The van der Waals surface area contributed by atoms with Crippen molar-refractivity contribution in [2.75, 3.05) is 26.4 Å². The van der Waals surface area contributed by atoms with Crippen molar-refractivity contribution >= 4 is 19.8 Å². The number of phosphoric acid groups is 1. The zero-order chi connectivity index (χ0) is 43.0. The van der Waals surface area contributed by atoms with Crippen LogP contribution in [0.3, 0.4) is 0 Å². The van der Waals surface area contributed by atoms with Gasteiger partial charge in [-0.2, -0.15) is 0 Å². The van der Waals surface area contributed by atoms with Gasteiger partial charge in [-0.25, -0.2) is 4.57 Å². The van der Waals surface area contributed by atoms with Gasteiger partial charge in [0.1, 0.15) is 29.6 Å². The van der Waals surface area contributed by atoms with Gasteiger partial charge in [-0.1, -0.05) is 117 Å². The number of hydrogen-bond donors (Lipinski definition) is 2. The van der Waals surface area contributed by atoms with Gasteiger partial charge in [0.05, 0.1) is 13.2 Å². The topological polar surface area (TPSA) is 161 Å². The van der Waals surface area contributed by atoms with Crippen LogP contribution in [0.25, 0.3) is 0 Å². The van der Waals surface area contributed by atoms with Crippen molar-refractivity contribution in [2.24, 2.45) is 5.73 Å². The van der Waals surface area contributed by atoms with Crippen LogP contribution in [0.2, 0.25) is 0 Å². The molecule has 59 heavy (non-hydrogen) atoms. The van der Waals surface area contributed by atoms with Gasteiger partial charge in [-0.05, 0) is 75.6 Å². The van der Waals surface area contributed by atoms with Crippen molar-refractivity contribution in [1.82, 2.24) is 0 Å². The summed E-state index contributed by atoms with van der Waals surface area (Å²) < 4.78 is 45.1. The van der Waals surface area contributed by atoms with Gasteiger partial charge in [-0.3, -0.25) is 18.6 Å². The molecule has 0 amide bonds. The Morgan fingerprint density at radius 3 is 1.49 bits per heavy atom. The Balaban J connectivity index is 1.56. The highest BCUT2D eigenvalue weighted by molar-refractivity contribution is 7.47. The fourth-order valence-electron chi connectivity index (χ4n) is 7.25. The Morgan fingerprint density at radius 2 is 1.03 bits per heavy atom. The molecule has 340 valence electrons. The maximum atomic E-state index is 12.7. The van der Waals surface area contributed by atoms with E-state index in [1.807, 2.05) is 0 Å². The van der Waals surface area contributed by atoms with Crippen LogP contribution in [0, 0.1) is 13.8 Å². The van der Waals surface area contributed by atoms with E-state index in [1.54, 1.807) is 0 Å². The van der Waals surface area contributed by atoms with Crippen LogP contribution >= 0.6 is 7.82 Å². The summed E-state index contributed by atoms with van der Waals surface area (Å²) in [6, 6.07) is 4.41. The normalized spacial score (nSPS) is 13.1. The highest BCUT2D eigenvalue weighted by Crippen LogP contribution is 2.43. The molecule has 2 atom stereocenters. The first kappa shape index (κ1) is 52.7. The standard InChI is InChI=1S/C47H82NO10P/c1-5-7-21-27-41-35-39(3)44(56-41)29-23-17-13-9-11-15-19-25-31-46(49)53-37-43(38-55-59(51,52)54-34-33-48)58-47(50)32-26-20-16-12-10-14-18-24-30-45-40(4)36-42(57-45)28-22-8-6-2/h35-36,43H,5-34,37-38,48H2,1-4H3,(H,51,52)/t43-/m1/s1. The third-order valence-electron chi connectivity index (χ3n) is 10.8. The first-order valence-corrected chi connectivity index (χ1v) is 24.9. The Labute approximate surface area is 357 Å². The number of rotatable bonds is 39. The quantitative estimate of drug-likeness (QED) is 0.0374. The Kier molecular flexibility index (Phi) is 29.7. The largest absolute Gasteiger partial charge is 0.472 e. The molecule has 0 fully saturated rings. The van der Waals surface area contributed by atoms with Crippen LogP contribution in [0.4, 0.5) is 0 Å². The van der Waals surface area contributed by atoms with Gasteiger partial charge in [0.2, 0.25) is 0 Å². The average Bonchev–Trinajstić information content (AvgIpc) is 3.75. The number of furan rings is 2. The lowest BCUT2D eigenvalue weighted by molar-refractivity contribution is -0.161. The maximum Gasteiger partial charge on any atom is 0.472 e. The number of phosphoric ester groups is 1. The second kappa shape index (κ2) is 33.2. The second-order valence-corrected chi connectivity index (χ2v) is 17.8. The third kappa shape index (κ3) is 26.5. The Morgan fingerprint density at radius 1 is 0.610 bits per heavy atom. The van der Waals surface area contributed by atoms with Gasteiger partial charge in [0.25, 0.3) is 0 Å². The smallest absolute Gasteiger partial charge is 0.466 e. The van der Waals surface area contributed by atoms with E-state index in [4.69, 9.17) is 33.1 Å². The first-order chi connectivity index (χ1) is 28.6. The Hall–Kier alpha value is -2.43. The van der Waals surface area contributed by atoms with Crippen LogP contribution < -0.4 is 5.73 Å². The molecule has 3 N–H and O–H groups in total. The molecule has 0 aliphatic heterocycles. The van der Waals surface area contributed by atoms with E-state index in [0.717, 1.165) is 107 Å². The van der Waals surface area contributed by atoms with E-state index in [9.17, 15) is 19.0 Å². The van der Waals surface area contributed by atoms with Gasteiger partial charge in [0.15, 0.2) is 6.10 Å². The third-order valence-corrected chi connectivity index (χ3v) is 11.8. The minimum Gasteiger partial charge on any atom is -0.466 e. The van der Waals surface area contributed by atoms with Crippen LogP contribution in [0.5, 0.6) is 0 Å². The summed E-state index contributed by atoms with van der Waals surface area (Å²) in [4.78, 5) is 35.1. The number of carbonyl (C=O) groups is 2. The zero-order valence-corrected chi connectivity index (χ0v) is 38.4. The van der Waals surface area contributed by atoms with Crippen molar-refractivity contribution in [3.8, 4) is 0 Å². The molecule has 0 spiro atoms. The molecular weight excluding hydrogens is 769 g/mol. The molecule has 2 heterocycles. The summed E-state index contributed by atoms with van der Waals surface area (Å²) in [6.07, 6.45) is 27.7. The van der Waals surface area contributed by atoms with Crippen LogP contribution in [-0.2, 0) is 58.4 Å². The number of hydrogen-bond acceptors (Lipinski definition) is 10. The number of esters is 2. The number of nitrogens with two attached hydrogens (primary N) is 1. The number of unbranched alkanes of at least 4 members (excludes halogenated alkanes) is 18. The number of aryl methyl sites for hydroxylation is 6. The lowest BCUT2D eigenvalue weighted by Crippen LogP contribution is -2.29. The average molecular weight is 852 g/mol. The fraction of sp³-hybridized carbons (Fsp3) is 0.787. The van der Waals surface area contributed by atoms with Crippen molar-refractivity contribution in [3.05, 3.63) is 46.3 Å². The predicted molar refractivity (Wildman–Crippen MR) is 235 cm³/mol. The summed E-state index contributed by atoms with van der Waals surface area (Å²) in [5.41, 5.74) is 7.92. The van der Waals surface area contributed by atoms with Crippen LogP contribution in [0.15, 0.2) is 21.0 Å². The predicted octanol–water partition coefficient (Wildman–Crippen LogP) is 12.3. The van der Waals surface area contributed by atoms with Gasteiger partial charge < -0.3 is 28.9 Å². The summed E-state index contributed by atoms with van der Waals surface area (Å²) in [6.45, 7) is 7.91. The van der Waals surface area contributed by atoms with E-state index in [-0.39, 0.29) is 32.6 Å². The van der Waals surface area contributed by atoms with E-state index in [1.165, 1.54) is 81.8 Å². The van der Waals surface area contributed by atoms with Crippen molar-refractivity contribution < 1.29 is 46.4 Å². The first-order valence-electron chi connectivity index (χ1n) is 23.4. The number of carbonyl (C=O) groups excluding carboxylic acids is 2. The second-order valence-electron chi connectivity index (χ2n) is 16.4. The van der Waals surface area contributed by atoms with Crippen molar-refractivity contribution in [2.45, 2.75) is 214 Å². The van der Waals surface area contributed by atoms with Crippen molar-refractivity contribution in [3.63, 3.8) is 0 Å². The Bertz CT molecular complexity index is 1420. The molecule has 2 rings (SSSR count). The molecule has 0 aliphatic carbocycles. The van der Waals surface area contributed by atoms with Gasteiger partial charge >= 0.3 is 19.8 Å². The molecule has 0 radical (unpaired) electrons. The van der Waals surface area contributed by atoms with Crippen molar-refractivity contribution in [1.29, 1.82) is 0 Å². The molecule has 0 aliphatic rings.